The molecule has 1 atom stereocenters. The Kier molecular flexibility index (Phi) is 12.0. The van der Waals surface area contributed by atoms with Gasteiger partial charge in [-0.15, -0.1) is 0 Å². The van der Waals surface area contributed by atoms with Gasteiger partial charge in [-0.3, -0.25) is 13.9 Å². The standard InChI is InChI=1S/C35H38IN3O4S/c1-3-4-22-37-35(41)33(24-28-13-7-5-8-14-28)38(25-29-15-11-12-27(2)23-29)34(40)26-39(31-20-18-30(36)19-21-31)44(42,43)32-16-9-6-10-17-32/h5-21,23,33H,3-4,22,24-26H2,1-2H3,(H,37,41)/t33-/m0/s1. The fourth-order valence-corrected chi connectivity index (χ4v) is 6.72. The summed E-state index contributed by atoms with van der Waals surface area (Å²) in [4.78, 5) is 29.9. The summed E-state index contributed by atoms with van der Waals surface area (Å²) in [6.45, 7) is 4.18. The van der Waals surface area contributed by atoms with Crippen molar-refractivity contribution < 1.29 is 18.0 Å². The Bertz CT molecular complexity index is 1630. The zero-order valence-electron chi connectivity index (χ0n) is 25.0. The molecule has 2 amide bonds. The lowest BCUT2D eigenvalue weighted by atomic mass is 10.0. The Hall–Kier alpha value is -3.70. The Morgan fingerprint density at radius 1 is 0.841 bits per heavy atom. The van der Waals surface area contributed by atoms with Crippen LogP contribution < -0.4 is 9.62 Å². The van der Waals surface area contributed by atoms with Gasteiger partial charge < -0.3 is 10.2 Å². The second-order valence-corrected chi connectivity index (χ2v) is 13.8. The van der Waals surface area contributed by atoms with Gasteiger partial charge in [-0.1, -0.05) is 91.7 Å². The highest BCUT2D eigenvalue weighted by Gasteiger charge is 2.34. The largest absolute Gasteiger partial charge is 0.354 e. The van der Waals surface area contributed by atoms with E-state index in [9.17, 15) is 18.0 Å². The number of carbonyl (C=O) groups is 2. The Morgan fingerprint density at radius 2 is 1.48 bits per heavy atom. The van der Waals surface area contributed by atoms with Gasteiger partial charge in [-0.05, 0) is 83.5 Å². The maximum atomic E-state index is 14.5. The summed E-state index contributed by atoms with van der Waals surface area (Å²) >= 11 is 2.16. The van der Waals surface area contributed by atoms with E-state index in [1.807, 2.05) is 68.4 Å². The van der Waals surface area contributed by atoms with Crippen molar-refractivity contribution in [1.29, 1.82) is 0 Å². The molecule has 4 aromatic rings. The Balaban J connectivity index is 1.78. The van der Waals surface area contributed by atoms with Gasteiger partial charge in [0.05, 0.1) is 10.6 Å². The van der Waals surface area contributed by atoms with E-state index in [2.05, 4.69) is 27.9 Å². The van der Waals surface area contributed by atoms with Gasteiger partial charge in [0.15, 0.2) is 0 Å². The minimum Gasteiger partial charge on any atom is -0.354 e. The van der Waals surface area contributed by atoms with Crippen LogP contribution in [0.2, 0.25) is 0 Å². The highest BCUT2D eigenvalue weighted by atomic mass is 127. The van der Waals surface area contributed by atoms with Gasteiger partial charge in [0.25, 0.3) is 10.0 Å². The number of halogens is 1. The quantitative estimate of drug-likeness (QED) is 0.121. The van der Waals surface area contributed by atoms with Crippen LogP contribution in [0.15, 0.2) is 114 Å². The number of unbranched alkanes of at least 4 members (excludes halogenated alkanes) is 1. The summed E-state index contributed by atoms with van der Waals surface area (Å²) in [7, 11) is -4.11. The molecule has 0 aliphatic heterocycles. The normalized spacial score (nSPS) is 11.9. The average Bonchev–Trinajstić information content (AvgIpc) is 3.03. The van der Waals surface area contributed by atoms with Crippen LogP contribution in [0.5, 0.6) is 0 Å². The van der Waals surface area contributed by atoms with E-state index in [0.29, 0.717) is 12.2 Å². The first-order valence-electron chi connectivity index (χ1n) is 14.7. The molecule has 0 spiro atoms. The average molecular weight is 724 g/mol. The highest BCUT2D eigenvalue weighted by molar-refractivity contribution is 14.1. The molecule has 7 nitrogen and oxygen atoms in total. The van der Waals surface area contributed by atoms with Crippen molar-refractivity contribution >= 4 is 50.1 Å². The van der Waals surface area contributed by atoms with E-state index in [-0.39, 0.29) is 23.8 Å². The van der Waals surface area contributed by atoms with Gasteiger partial charge in [0.1, 0.15) is 12.6 Å². The van der Waals surface area contributed by atoms with E-state index < -0.39 is 28.5 Å². The molecule has 4 aromatic carbocycles. The number of nitrogens with one attached hydrogen (secondary N) is 1. The fraction of sp³-hybridized carbons (Fsp3) is 0.257. The molecule has 4 rings (SSSR count). The molecule has 230 valence electrons. The lowest BCUT2D eigenvalue weighted by molar-refractivity contribution is -0.140. The smallest absolute Gasteiger partial charge is 0.264 e. The van der Waals surface area contributed by atoms with E-state index in [4.69, 9.17) is 0 Å². The Morgan fingerprint density at radius 3 is 2.11 bits per heavy atom. The first-order chi connectivity index (χ1) is 21.2. The van der Waals surface area contributed by atoms with Crippen LogP contribution in [0.1, 0.15) is 36.5 Å². The molecule has 0 aliphatic carbocycles. The minimum atomic E-state index is -4.11. The minimum absolute atomic E-state index is 0.0785. The molecule has 0 fully saturated rings. The van der Waals surface area contributed by atoms with E-state index in [1.54, 1.807) is 42.5 Å². The third-order valence-electron chi connectivity index (χ3n) is 7.26. The number of carbonyl (C=O) groups excluding carboxylic acids is 2. The molecule has 44 heavy (non-hydrogen) atoms. The first-order valence-corrected chi connectivity index (χ1v) is 17.2. The summed E-state index contributed by atoms with van der Waals surface area (Å²) in [5.74, 6) is -0.744. The molecule has 0 saturated carbocycles. The van der Waals surface area contributed by atoms with Gasteiger partial charge in [-0.25, -0.2) is 8.42 Å². The van der Waals surface area contributed by atoms with Crippen LogP contribution in [0.3, 0.4) is 0 Å². The van der Waals surface area contributed by atoms with Crippen molar-refractivity contribution in [2.75, 3.05) is 17.4 Å². The van der Waals surface area contributed by atoms with Crippen LogP contribution in [-0.2, 0) is 32.6 Å². The maximum Gasteiger partial charge on any atom is 0.264 e. The highest BCUT2D eigenvalue weighted by Crippen LogP contribution is 2.26. The Labute approximate surface area is 274 Å². The third kappa shape index (κ3) is 8.92. The van der Waals surface area contributed by atoms with Crippen LogP contribution in [-0.4, -0.2) is 44.3 Å². The van der Waals surface area contributed by atoms with Crippen molar-refractivity contribution in [2.45, 2.75) is 50.6 Å². The molecular weight excluding hydrogens is 685 g/mol. The lowest BCUT2D eigenvalue weighted by Crippen LogP contribution is -2.53. The molecule has 0 bridgehead atoms. The lowest BCUT2D eigenvalue weighted by Gasteiger charge is -2.34. The molecule has 1 N–H and O–H groups in total. The number of benzene rings is 4. The molecule has 0 heterocycles. The van der Waals surface area contributed by atoms with Crippen LogP contribution in [0.25, 0.3) is 0 Å². The van der Waals surface area contributed by atoms with Crippen molar-refractivity contribution in [3.05, 3.63) is 129 Å². The fourth-order valence-electron chi connectivity index (χ4n) is 4.92. The second-order valence-electron chi connectivity index (χ2n) is 10.7. The third-order valence-corrected chi connectivity index (χ3v) is 9.77. The van der Waals surface area contributed by atoms with E-state index >= 15 is 0 Å². The summed E-state index contributed by atoms with van der Waals surface area (Å²) in [6, 6.07) is 31.6. The summed E-state index contributed by atoms with van der Waals surface area (Å²) in [5.41, 5.74) is 3.14. The number of anilines is 1. The number of aryl methyl sites for hydroxylation is 1. The van der Waals surface area contributed by atoms with E-state index in [1.165, 1.54) is 17.0 Å². The topological polar surface area (TPSA) is 86.8 Å². The maximum absolute atomic E-state index is 14.5. The predicted octanol–water partition coefficient (Wildman–Crippen LogP) is 6.35. The number of nitrogens with zero attached hydrogens (tertiary/aromatic N) is 2. The van der Waals surface area contributed by atoms with Crippen LogP contribution in [0.4, 0.5) is 5.69 Å². The van der Waals surface area contributed by atoms with Crippen molar-refractivity contribution in [2.24, 2.45) is 0 Å². The number of rotatable bonds is 14. The van der Waals surface area contributed by atoms with Gasteiger partial charge in [0.2, 0.25) is 11.8 Å². The van der Waals surface area contributed by atoms with Crippen molar-refractivity contribution in [3.63, 3.8) is 0 Å². The number of amides is 2. The molecular formula is C35H38IN3O4S. The summed E-state index contributed by atoms with van der Waals surface area (Å²) in [6.07, 6.45) is 2.01. The van der Waals surface area contributed by atoms with Crippen molar-refractivity contribution in [3.8, 4) is 0 Å². The van der Waals surface area contributed by atoms with Crippen molar-refractivity contribution in [1.82, 2.24) is 10.2 Å². The molecule has 0 saturated heterocycles. The summed E-state index contributed by atoms with van der Waals surface area (Å²) in [5, 5.41) is 3.02. The molecule has 9 heteroatoms. The second kappa shape index (κ2) is 15.9. The van der Waals surface area contributed by atoms with Gasteiger partial charge in [0, 0.05) is 23.1 Å². The number of hydrogen-bond acceptors (Lipinski definition) is 4. The van der Waals surface area contributed by atoms with Crippen LogP contribution in [0, 0.1) is 10.5 Å². The zero-order valence-corrected chi connectivity index (χ0v) is 28.0. The molecule has 0 aliphatic rings. The number of sulfonamides is 1. The molecule has 0 aromatic heterocycles. The van der Waals surface area contributed by atoms with Gasteiger partial charge >= 0.3 is 0 Å². The summed E-state index contributed by atoms with van der Waals surface area (Å²) < 4.78 is 30.1. The predicted molar refractivity (Wildman–Crippen MR) is 184 cm³/mol. The molecule has 0 unspecified atom stereocenters. The van der Waals surface area contributed by atoms with Crippen LogP contribution >= 0.6 is 22.6 Å². The first kappa shape index (κ1) is 33.2. The van der Waals surface area contributed by atoms with Gasteiger partial charge in [-0.2, -0.15) is 0 Å². The van der Waals surface area contributed by atoms with E-state index in [0.717, 1.165) is 37.4 Å². The molecule has 0 radical (unpaired) electrons. The SMILES string of the molecule is CCCCNC(=O)[C@H](Cc1ccccc1)N(Cc1cccc(C)c1)C(=O)CN(c1ccc(I)cc1)S(=O)(=O)c1ccccc1. The monoisotopic (exact) mass is 723 g/mol. The number of hydrogen-bond donors (Lipinski definition) is 1. The zero-order chi connectivity index (χ0) is 31.5.